The van der Waals surface area contributed by atoms with Gasteiger partial charge < -0.3 is 14.3 Å². The second-order valence-corrected chi connectivity index (χ2v) is 9.21. The molecule has 8 heteroatoms. The molecule has 0 aliphatic heterocycles. The predicted molar refractivity (Wildman–Crippen MR) is 142 cm³/mol. The minimum absolute atomic E-state index is 0.138. The highest BCUT2D eigenvalue weighted by Crippen LogP contribution is 2.40. The number of aromatic nitrogens is 1. The molecule has 6 rings (SSSR count). The maximum absolute atomic E-state index is 12.3. The number of para-hydroxylation sites is 1. The molecule has 0 spiro atoms. The van der Waals surface area contributed by atoms with Crippen LogP contribution in [0.1, 0.15) is 0 Å². The van der Waals surface area contributed by atoms with Gasteiger partial charge in [-0.2, -0.15) is 0 Å². The van der Waals surface area contributed by atoms with Gasteiger partial charge in [-0.25, -0.2) is 9.78 Å². The van der Waals surface area contributed by atoms with Gasteiger partial charge in [0.15, 0.2) is 11.5 Å². The van der Waals surface area contributed by atoms with Crippen molar-refractivity contribution in [2.45, 2.75) is 0 Å². The van der Waals surface area contributed by atoms with Crippen molar-refractivity contribution < 1.29 is 24.0 Å². The fourth-order valence-corrected chi connectivity index (χ4v) is 5.10. The Hall–Kier alpha value is -4.82. The summed E-state index contributed by atoms with van der Waals surface area (Å²) >= 11 is 1.52. The van der Waals surface area contributed by atoms with E-state index in [1.54, 1.807) is 19.2 Å². The fourth-order valence-electron chi connectivity index (χ4n) is 4.11. The van der Waals surface area contributed by atoms with Crippen LogP contribution in [0.15, 0.2) is 100 Å². The number of nitrogens with zero attached hydrogens (tertiary/aromatic N) is 1. The van der Waals surface area contributed by atoms with Crippen LogP contribution in [-0.4, -0.2) is 17.2 Å². The van der Waals surface area contributed by atoms with Crippen molar-refractivity contribution in [3.8, 4) is 44.7 Å². The minimum Gasteiger partial charge on any atom is -0.508 e. The van der Waals surface area contributed by atoms with Crippen molar-refractivity contribution in [2.24, 2.45) is 0 Å². The fraction of sp³-hybridized carbons (Fsp3) is 0.0345. The van der Waals surface area contributed by atoms with Crippen LogP contribution in [0.3, 0.4) is 0 Å². The third-order valence-corrected chi connectivity index (χ3v) is 6.88. The van der Waals surface area contributed by atoms with Crippen LogP contribution in [0.25, 0.3) is 42.9 Å². The zero-order valence-electron chi connectivity index (χ0n) is 19.5. The monoisotopic (exact) mass is 509 g/mol. The highest BCUT2D eigenvalue weighted by molar-refractivity contribution is 7.21. The summed E-state index contributed by atoms with van der Waals surface area (Å²) in [7, 11) is 1.59. The zero-order chi connectivity index (χ0) is 25.4. The molecule has 182 valence electrons. The first kappa shape index (κ1) is 22.6. The average molecular weight is 510 g/mol. The van der Waals surface area contributed by atoms with Crippen LogP contribution in [0, 0.1) is 0 Å². The lowest BCUT2D eigenvalue weighted by Gasteiger charge is -2.14. The van der Waals surface area contributed by atoms with E-state index >= 15 is 0 Å². The molecule has 0 radical (unpaired) electrons. The van der Waals surface area contributed by atoms with E-state index in [2.05, 4.69) is 0 Å². The summed E-state index contributed by atoms with van der Waals surface area (Å²) < 4.78 is 11.8. The molecule has 0 bridgehead atoms. The second kappa shape index (κ2) is 9.33. The lowest BCUT2D eigenvalue weighted by molar-refractivity contribution is -0.0979. The summed E-state index contributed by atoms with van der Waals surface area (Å²) in [6.45, 7) is 0. The molecule has 7 nitrogen and oxygen atoms in total. The summed E-state index contributed by atoms with van der Waals surface area (Å²) in [6, 6.07) is 26.7. The normalized spacial score (nSPS) is 11.1. The van der Waals surface area contributed by atoms with Crippen molar-refractivity contribution in [1.82, 2.24) is 4.98 Å². The molecule has 0 fully saturated rings. The Kier molecular flexibility index (Phi) is 5.71. The number of methoxy groups -OCH3 is 1. The third kappa shape index (κ3) is 4.34. The Balaban J connectivity index is 1.45. The molecule has 37 heavy (non-hydrogen) atoms. The Labute approximate surface area is 214 Å². The van der Waals surface area contributed by atoms with Gasteiger partial charge in [-0.3, -0.25) is 9.78 Å². The first-order valence-corrected chi connectivity index (χ1v) is 12.2. The molecule has 1 N–H and O–H groups in total. The molecule has 0 amide bonds. The largest absolute Gasteiger partial charge is 0.508 e. The molecule has 0 saturated heterocycles. The first-order chi connectivity index (χ1) is 18.1. The molecule has 2 aromatic heterocycles. The number of benzene rings is 4. The Morgan fingerprint density at radius 1 is 0.838 bits per heavy atom. The summed E-state index contributed by atoms with van der Waals surface area (Å²) in [6.07, 6.45) is 0. The molecule has 0 unspecified atom stereocenters. The van der Waals surface area contributed by atoms with Crippen molar-refractivity contribution in [2.75, 3.05) is 7.11 Å². The lowest BCUT2D eigenvalue weighted by atomic mass is 10.0. The predicted octanol–water partition coefficient (Wildman–Crippen LogP) is 6.82. The van der Waals surface area contributed by atoms with Gasteiger partial charge in [0, 0.05) is 23.8 Å². The van der Waals surface area contributed by atoms with Crippen LogP contribution >= 0.6 is 11.3 Å². The first-order valence-electron chi connectivity index (χ1n) is 11.3. The molecule has 0 saturated carbocycles. The SMILES string of the molecule is COc1ccc(OOc2cc(O)cc3oc(=O)cc(-c4ccccc4)c23)c(-c2nc3ccccc3s2)c1. The van der Waals surface area contributed by atoms with Gasteiger partial charge in [-0.1, -0.05) is 42.5 Å². The van der Waals surface area contributed by atoms with E-state index < -0.39 is 5.63 Å². The molecule has 2 heterocycles. The minimum atomic E-state index is -0.544. The van der Waals surface area contributed by atoms with Crippen molar-refractivity contribution in [3.05, 3.63) is 101 Å². The van der Waals surface area contributed by atoms with Crippen LogP contribution in [0.2, 0.25) is 0 Å². The summed E-state index contributed by atoms with van der Waals surface area (Å²) in [5.41, 5.74) is 2.56. The number of rotatable bonds is 6. The molecule has 4 aromatic carbocycles. The molecular weight excluding hydrogens is 490 g/mol. The molecule has 0 atom stereocenters. The van der Waals surface area contributed by atoms with E-state index in [9.17, 15) is 9.90 Å². The number of ether oxygens (including phenoxy) is 1. The summed E-state index contributed by atoms with van der Waals surface area (Å²) in [5.74, 6) is 1.08. The highest BCUT2D eigenvalue weighted by Gasteiger charge is 2.19. The van der Waals surface area contributed by atoms with Gasteiger partial charge in [0.1, 0.15) is 22.1 Å². The lowest BCUT2D eigenvalue weighted by Crippen LogP contribution is -2.05. The number of phenolic OH excluding ortho intramolecular Hbond substituents is 1. The quantitative estimate of drug-likeness (QED) is 0.150. The second-order valence-electron chi connectivity index (χ2n) is 8.18. The van der Waals surface area contributed by atoms with Crippen LogP contribution in [-0.2, 0) is 0 Å². The van der Waals surface area contributed by atoms with E-state index in [1.807, 2.05) is 60.7 Å². The topological polar surface area (TPSA) is 91.0 Å². The molecule has 6 aromatic rings. The van der Waals surface area contributed by atoms with E-state index in [1.165, 1.54) is 29.5 Å². The van der Waals surface area contributed by atoms with Crippen molar-refractivity contribution >= 4 is 32.5 Å². The number of hydrogen-bond acceptors (Lipinski definition) is 8. The number of phenols is 1. The van der Waals surface area contributed by atoms with E-state index in [0.717, 1.165) is 20.8 Å². The Bertz CT molecular complexity index is 1780. The van der Waals surface area contributed by atoms with Gasteiger partial charge in [0.2, 0.25) is 0 Å². The average Bonchev–Trinajstić information content (AvgIpc) is 3.35. The van der Waals surface area contributed by atoms with Crippen LogP contribution in [0.5, 0.6) is 23.0 Å². The Morgan fingerprint density at radius 2 is 1.62 bits per heavy atom. The van der Waals surface area contributed by atoms with Crippen molar-refractivity contribution in [1.29, 1.82) is 0 Å². The van der Waals surface area contributed by atoms with Gasteiger partial charge in [0.25, 0.3) is 0 Å². The van der Waals surface area contributed by atoms with Gasteiger partial charge >= 0.3 is 5.63 Å². The van der Waals surface area contributed by atoms with Crippen LogP contribution < -0.4 is 20.1 Å². The van der Waals surface area contributed by atoms with Gasteiger partial charge in [-0.05, 0) is 35.9 Å². The Morgan fingerprint density at radius 3 is 2.43 bits per heavy atom. The highest BCUT2D eigenvalue weighted by atomic mass is 32.1. The van der Waals surface area contributed by atoms with E-state index in [-0.39, 0.29) is 17.1 Å². The molecular formula is C29H19NO6S. The summed E-state index contributed by atoms with van der Waals surface area (Å²) in [5, 5.41) is 11.5. The number of hydrogen-bond donors (Lipinski definition) is 1. The molecule has 0 aliphatic rings. The number of aromatic hydroxyl groups is 1. The number of thiazole rings is 1. The summed E-state index contributed by atoms with van der Waals surface area (Å²) in [4.78, 5) is 28.7. The smallest absolute Gasteiger partial charge is 0.336 e. The van der Waals surface area contributed by atoms with E-state index in [4.69, 9.17) is 23.9 Å². The zero-order valence-corrected chi connectivity index (χ0v) is 20.3. The molecule has 0 aliphatic carbocycles. The van der Waals surface area contributed by atoms with E-state index in [0.29, 0.717) is 28.0 Å². The van der Waals surface area contributed by atoms with Gasteiger partial charge in [0.05, 0.1) is 28.3 Å². The standard InChI is InChI=1S/C29H19NO6S/c1-33-19-11-12-23(21(15-19)29-30-22-9-5-6-10-26(22)37-29)35-36-25-14-18(31)13-24-28(25)20(16-27(32)34-24)17-7-3-2-4-8-17/h2-16,31H,1H3. The maximum atomic E-state index is 12.3. The van der Waals surface area contributed by atoms with Crippen LogP contribution in [0.4, 0.5) is 0 Å². The number of fused-ring (bicyclic) bond motifs is 2. The third-order valence-electron chi connectivity index (χ3n) is 5.81. The van der Waals surface area contributed by atoms with Gasteiger partial charge in [-0.15, -0.1) is 11.3 Å². The van der Waals surface area contributed by atoms with Crippen molar-refractivity contribution in [3.63, 3.8) is 0 Å². The maximum Gasteiger partial charge on any atom is 0.336 e.